The molecule has 2 unspecified atom stereocenters. The van der Waals surface area contributed by atoms with Gasteiger partial charge in [0, 0.05) is 25.2 Å². The van der Waals surface area contributed by atoms with Gasteiger partial charge in [-0.1, -0.05) is 13.8 Å². The number of carbonyl (C=O) groups excluding carboxylic acids is 1. The smallest absolute Gasteiger partial charge is 0.317 e. The fourth-order valence-corrected chi connectivity index (χ4v) is 3.64. The summed E-state index contributed by atoms with van der Waals surface area (Å²) >= 11 is 0. The molecule has 0 aromatic heterocycles. The van der Waals surface area contributed by atoms with Gasteiger partial charge in [0.25, 0.3) is 0 Å². The minimum atomic E-state index is -0.852. The third-order valence-electron chi connectivity index (χ3n) is 5.00. The van der Waals surface area contributed by atoms with E-state index < -0.39 is 17.9 Å². The Morgan fingerprint density at radius 1 is 1.17 bits per heavy atom. The molecular weight excluding hydrogens is 314 g/mol. The second-order valence-electron chi connectivity index (χ2n) is 7.01. The molecule has 2 rings (SSSR count). The van der Waals surface area contributed by atoms with E-state index in [1.807, 2.05) is 18.7 Å². The lowest BCUT2D eigenvalue weighted by atomic mass is 9.85. The lowest BCUT2D eigenvalue weighted by molar-refractivity contribution is -0.144. The predicted molar refractivity (Wildman–Crippen MR) is 86.7 cm³/mol. The summed E-state index contributed by atoms with van der Waals surface area (Å²) in [5, 5.41) is 21.0. The summed E-state index contributed by atoms with van der Waals surface area (Å²) in [6.07, 6.45) is 2.07. The Balaban J connectivity index is 1.79. The highest BCUT2D eigenvalue weighted by atomic mass is 16.4. The van der Waals surface area contributed by atoms with E-state index in [0.717, 1.165) is 12.8 Å². The minimum Gasteiger partial charge on any atom is -0.481 e. The molecule has 1 saturated heterocycles. The van der Waals surface area contributed by atoms with Crippen LogP contribution < -0.4 is 5.32 Å². The summed E-state index contributed by atoms with van der Waals surface area (Å²) in [6.45, 7) is 5.40. The van der Waals surface area contributed by atoms with Crippen molar-refractivity contribution in [3.63, 3.8) is 0 Å². The van der Waals surface area contributed by atoms with Crippen LogP contribution in [0.1, 0.15) is 33.1 Å². The van der Waals surface area contributed by atoms with E-state index in [9.17, 15) is 19.5 Å². The zero-order chi connectivity index (χ0) is 17.9. The first-order valence-corrected chi connectivity index (χ1v) is 8.54. The SMILES string of the molecule is CCN(CC(=O)O)C1CC(NC(=O)N2CC(C)CC(C(=O)O)C2)C1. The number of hydrogen-bond acceptors (Lipinski definition) is 4. The van der Waals surface area contributed by atoms with Gasteiger partial charge in [-0.2, -0.15) is 0 Å². The van der Waals surface area contributed by atoms with E-state index in [0.29, 0.717) is 19.5 Å². The Labute approximate surface area is 141 Å². The maximum Gasteiger partial charge on any atom is 0.317 e. The average molecular weight is 341 g/mol. The molecule has 0 spiro atoms. The number of aliphatic carboxylic acids is 2. The Kier molecular flexibility index (Phi) is 6.04. The Bertz CT molecular complexity index is 492. The van der Waals surface area contributed by atoms with E-state index in [1.54, 1.807) is 4.90 Å². The predicted octanol–water partition coefficient (Wildman–Crippen LogP) is 0.676. The third-order valence-corrected chi connectivity index (χ3v) is 5.00. The molecule has 0 bridgehead atoms. The van der Waals surface area contributed by atoms with Crippen molar-refractivity contribution in [1.82, 2.24) is 15.1 Å². The van der Waals surface area contributed by atoms with Gasteiger partial charge in [-0.15, -0.1) is 0 Å². The van der Waals surface area contributed by atoms with Crippen LogP contribution in [-0.4, -0.2) is 76.2 Å². The molecule has 1 aliphatic carbocycles. The standard InChI is InChI=1S/C16H27N3O5/c1-3-18(9-14(20)21)13-5-12(6-13)17-16(24)19-7-10(2)4-11(8-19)15(22)23/h10-13H,3-9H2,1-2H3,(H,17,24)(H,20,21)(H,22,23). The molecule has 8 nitrogen and oxygen atoms in total. The van der Waals surface area contributed by atoms with Crippen molar-refractivity contribution in [2.45, 2.75) is 45.2 Å². The molecule has 2 aliphatic rings. The van der Waals surface area contributed by atoms with Gasteiger partial charge in [0.05, 0.1) is 12.5 Å². The number of nitrogens with zero attached hydrogens (tertiary/aromatic N) is 2. The van der Waals surface area contributed by atoms with Crippen LogP contribution >= 0.6 is 0 Å². The molecule has 2 fully saturated rings. The van der Waals surface area contributed by atoms with Crippen LogP contribution in [0.3, 0.4) is 0 Å². The van der Waals surface area contributed by atoms with Crippen LogP contribution in [0.25, 0.3) is 0 Å². The third kappa shape index (κ3) is 4.59. The van der Waals surface area contributed by atoms with Gasteiger partial charge in [0.2, 0.25) is 0 Å². The highest BCUT2D eigenvalue weighted by Gasteiger charge is 2.37. The monoisotopic (exact) mass is 341 g/mol. The summed E-state index contributed by atoms with van der Waals surface area (Å²) in [4.78, 5) is 37.9. The van der Waals surface area contributed by atoms with Gasteiger partial charge in [-0.05, 0) is 31.7 Å². The summed E-state index contributed by atoms with van der Waals surface area (Å²) < 4.78 is 0. The second kappa shape index (κ2) is 7.83. The number of rotatable bonds is 6. The molecule has 1 saturated carbocycles. The Morgan fingerprint density at radius 2 is 1.83 bits per heavy atom. The molecule has 2 amide bonds. The summed E-state index contributed by atoms with van der Waals surface area (Å²) in [7, 11) is 0. The molecule has 0 radical (unpaired) electrons. The van der Waals surface area contributed by atoms with Crippen molar-refractivity contribution in [3.05, 3.63) is 0 Å². The molecule has 2 atom stereocenters. The second-order valence-corrected chi connectivity index (χ2v) is 7.01. The molecule has 8 heteroatoms. The normalized spacial score (nSPS) is 29.9. The number of carboxylic acids is 2. The molecule has 0 aromatic rings. The zero-order valence-electron chi connectivity index (χ0n) is 14.3. The molecule has 24 heavy (non-hydrogen) atoms. The topological polar surface area (TPSA) is 110 Å². The number of urea groups is 1. The molecule has 0 aromatic carbocycles. The van der Waals surface area contributed by atoms with Crippen molar-refractivity contribution in [1.29, 1.82) is 0 Å². The van der Waals surface area contributed by atoms with Gasteiger partial charge in [0.15, 0.2) is 0 Å². The van der Waals surface area contributed by atoms with Gasteiger partial charge in [0.1, 0.15) is 0 Å². The van der Waals surface area contributed by atoms with E-state index >= 15 is 0 Å². The molecule has 1 aliphatic heterocycles. The summed E-state index contributed by atoms with van der Waals surface area (Å²) in [6, 6.07) is 0.00633. The summed E-state index contributed by atoms with van der Waals surface area (Å²) in [5.41, 5.74) is 0. The highest BCUT2D eigenvalue weighted by molar-refractivity contribution is 5.77. The van der Waals surface area contributed by atoms with Gasteiger partial charge in [-0.25, -0.2) is 4.79 Å². The number of nitrogens with one attached hydrogen (secondary N) is 1. The number of piperidine rings is 1. The average Bonchev–Trinajstić information content (AvgIpc) is 2.47. The Morgan fingerprint density at radius 3 is 2.38 bits per heavy atom. The van der Waals surface area contributed by atoms with Crippen LogP contribution in [0.2, 0.25) is 0 Å². The largest absolute Gasteiger partial charge is 0.481 e. The van der Waals surface area contributed by atoms with Crippen molar-refractivity contribution in [2.75, 3.05) is 26.2 Å². The first-order valence-electron chi connectivity index (χ1n) is 8.54. The van der Waals surface area contributed by atoms with Crippen molar-refractivity contribution >= 4 is 18.0 Å². The minimum absolute atomic E-state index is 0.0196. The van der Waals surface area contributed by atoms with Crippen molar-refractivity contribution < 1.29 is 24.6 Å². The van der Waals surface area contributed by atoms with Crippen LogP contribution in [-0.2, 0) is 9.59 Å². The Hall–Kier alpha value is -1.83. The first kappa shape index (κ1) is 18.5. The molecule has 3 N–H and O–H groups in total. The number of likely N-dealkylation sites (tertiary alicyclic amines) is 1. The van der Waals surface area contributed by atoms with E-state index in [2.05, 4.69) is 5.32 Å². The number of likely N-dealkylation sites (N-methyl/N-ethyl adjacent to an activating group) is 1. The summed E-state index contributed by atoms with van der Waals surface area (Å²) in [5.74, 6) is -2.02. The fourth-order valence-electron chi connectivity index (χ4n) is 3.64. The van der Waals surface area contributed by atoms with Crippen LogP contribution in [0.5, 0.6) is 0 Å². The fraction of sp³-hybridized carbons (Fsp3) is 0.812. The number of carbonyl (C=O) groups is 3. The van der Waals surface area contributed by atoms with E-state index in [-0.39, 0.29) is 37.1 Å². The van der Waals surface area contributed by atoms with Crippen molar-refractivity contribution in [2.24, 2.45) is 11.8 Å². The lowest BCUT2D eigenvalue weighted by Gasteiger charge is -2.43. The number of hydrogen-bond donors (Lipinski definition) is 3. The maximum atomic E-state index is 12.4. The number of carboxylic acid groups (broad SMARTS) is 2. The molecular formula is C16H27N3O5. The van der Waals surface area contributed by atoms with Crippen molar-refractivity contribution in [3.8, 4) is 0 Å². The quantitative estimate of drug-likeness (QED) is 0.655. The van der Waals surface area contributed by atoms with Gasteiger partial charge in [-0.3, -0.25) is 14.5 Å². The number of amides is 2. The highest BCUT2D eigenvalue weighted by Crippen LogP contribution is 2.27. The van der Waals surface area contributed by atoms with Gasteiger partial charge >= 0.3 is 18.0 Å². The van der Waals surface area contributed by atoms with Crippen LogP contribution in [0.4, 0.5) is 4.79 Å². The lowest BCUT2D eigenvalue weighted by Crippen LogP contribution is -2.58. The van der Waals surface area contributed by atoms with Crippen LogP contribution in [0, 0.1) is 11.8 Å². The van der Waals surface area contributed by atoms with E-state index in [4.69, 9.17) is 5.11 Å². The maximum absolute atomic E-state index is 12.4. The van der Waals surface area contributed by atoms with Gasteiger partial charge < -0.3 is 20.4 Å². The zero-order valence-corrected chi connectivity index (χ0v) is 14.3. The molecule has 1 heterocycles. The first-order chi connectivity index (χ1) is 11.3. The van der Waals surface area contributed by atoms with E-state index in [1.165, 1.54) is 0 Å². The van der Waals surface area contributed by atoms with Crippen LogP contribution in [0.15, 0.2) is 0 Å². The molecule has 136 valence electrons.